The molecule has 1 aliphatic rings. The lowest BCUT2D eigenvalue weighted by atomic mass is 10.1. The van der Waals surface area contributed by atoms with Crippen molar-refractivity contribution < 1.29 is 9.21 Å². The first-order valence-electron chi connectivity index (χ1n) is 7.71. The summed E-state index contributed by atoms with van der Waals surface area (Å²) >= 11 is 6.72. The minimum Gasteiger partial charge on any atom is -0.422 e. The molecule has 0 radical (unpaired) electrons. The van der Waals surface area contributed by atoms with Crippen LogP contribution in [0, 0.1) is 0 Å². The van der Waals surface area contributed by atoms with Gasteiger partial charge in [-0.3, -0.25) is 4.79 Å². The molecule has 0 N–H and O–H groups in total. The van der Waals surface area contributed by atoms with E-state index in [4.69, 9.17) is 16.6 Å². The second kappa shape index (κ2) is 7.46. The SMILES string of the molecule is CN1CCN(C(=S)SCC(=O)c2cc3ccccc3oc2=O)CC1. The van der Waals surface area contributed by atoms with E-state index in [0.29, 0.717) is 9.90 Å². The Hall–Kier alpha value is -1.70. The van der Waals surface area contributed by atoms with Gasteiger partial charge in [-0.1, -0.05) is 42.2 Å². The van der Waals surface area contributed by atoms with Gasteiger partial charge in [-0.25, -0.2) is 4.79 Å². The average molecular weight is 362 g/mol. The Morgan fingerprint density at radius 3 is 2.71 bits per heavy atom. The van der Waals surface area contributed by atoms with E-state index < -0.39 is 5.63 Å². The Balaban J connectivity index is 1.66. The highest BCUT2D eigenvalue weighted by Crippen LogP contribution is 2.16. The lowest BCUT2D eigenvalue weighted by Gasteiger charge is -2.33. The first kappa shape index (κ1) is 17.1. The third-order valence-electron chi connectivity index (χ3n) is 4.03. The molecule has 1 aliphatic heterocycles. The summed E-state index contributed by atoms with van der Waals surface area (Å²) in [5, 5.41) is 0.743. The number of hydrogen-bond acceptors (Lipinski definition) is 6. The number of thioether (sulfide) groups is 1. The van der Waals surface area contributed by atoms with Gasteiger partial charge in [-0.2, -0.15) is 0 Å². The highest BCUT2D eigenvalue weighted by Gasteiger charge is 2.19. The molecular weight excluding hydrogens is 344 g/mol. The van der Waals surface area contributed by atoms with Crippen LogP contribution in [0.2, 0.25) is 0 Å². The lowest BCUT2D eigenvalue weighted by molar-refractivity contribution is 0.101. The number of fused-ring (bicyclic) bond motifs is 1. The molecule has 1 aromatic heterocycles. The molecule has 3 rings (SSSR count). The number of ketones is 1. The zero-order valence-electron chi connectivity index (χ0n) is 13.4. The van der Waals surface area contributed by atoms with Gasteiger partial charge in [0.05, 0.1) is 5.75 Å². The largest absolute Gasteiger partial charge is 0.422 e. The van der Waals surface area contributed by atoms with E-state index in [1.54, 1.807) is 18.2 Å². The van der Waals surface area contributed by atoms with E-state index >= 15 is 0 Å². The van der Waals surface area contributed by atoms with Gasteiger partial charge in [0.1, 0.15) is 15.5 Å². The third-order valence-corrected chi connectivity index (χ3v) is 5.55. The topological polar surface area (TPSA) is 53.8 Å². The molecule has 0 bridgehead atoms. The predicted molar refractivity (Wildman–Crippen MR) is 101 cm³/mol. The van der Waals surface area contributed by atoms with Crippen molar-refractivity contribution in [3.63, 3.8) is 0 Å². The summed E-state index contributed by atoms with van der Waals surface area (Å²) in [7, 11) is 2.08. The summed E-state index contributed by atoms with van der Waals surface area (Å²) in [6, 6.07) is 8.76. The monoisotopic (exact) mass is 362 g/mol. The zero-order chi connectivity index (χ0) is 17.1. The smallest absolute Gasteiger partial charge is 0.347 e. The number of likely N-dealkylation sites (N-methyl/N-ethyl adjacent to an activating group) is 1. The molecule has 0 atom stereocenters. The number of rotatable bonds is 3. The van der Waals surface area contributed by atoms with Crippen LogP contribution in [0.1, 0.15) is 10.4 Å². The summed E-state index contributed by atoms with van der Waals surface area (Å²) in [6.07, 6.45) is 0. The molecule has 7 heteroatoms. The highest BCUT2D eigenvalue weighted by molar-refractivity contribution is 8.23. The van der Waals surface area contributed by atoms with Crippen LogP contribution in [-0.4, -0.2) is 58.9 Å². The fourth-order valence-electron chi connectivity index (χ4n) is 2.54. The van der Waals surface area contributed by atoms with Gasteiger partial charge in [0, 0.05) is 31.6 Å². The normalized spacial score (nSPS) is 15.6. The van der Waals surface area contributed by atoms with Crippen LogP contribution in [0.15, 0.2) is 39.5 Å². The third kappa shape index (κ3) is 3.85. The minimum absolute atomic E-state index is 0.0855. The second-order valence-electron chi connectivity index (χ2n) is 5.75. The molecule has 1 fully saturated rings. The van der Waals surface area contributed by atoms with Crippen molar-refractivity contribution in [3.05, 3.63) is 46.3 Å². The van der Waals surface area contributed by atoms with Gasteiger partial charge in [-0.15, -0.1) is 0 Å². The van der Waals surface area contributed by atoms with Crippen LogP contribution in [0.5, 0.6) is 0 Å². The molecule has 1 aromatic carbocycles. The van der Waals surface area contributed by atoms with Crippen LogP contribution in [0.3, 0.4) is 0 Å². The number of hydrogen-bond donors (Lipinski definition) is 0. The summed E-state index contributed by atoms with van der Waals surface area (Å²) in [4.78, 5) is 28.7. The van der Waals surface area contributed by atoms with Crippen LogP contribution >= 0.6 is 24.0 Å². The van der Waals surface area contributed by atoms with Crippen LogP contribution in [0.25, 0.3) is 11.0 Å². The van der Waals surface area contributed by atoms with Crippen LogP contribution in [-0.2, 0) is 0 Å². The highest BCUT2D eigenvalue weighted by atomic mass is 32.2. The van der Waals surface area contributed by atoms with Gasteiger partial charge < -0.3 is 14.2 Å². The molecule has 0 aliphatic carbocycles. The van der Waals surface area contributed by atoms with Gasteiger partial charge in [0.25, 0.3) is 0 Å². The summed E-state index contributed by atoms with van der Waals surface area (Å²) in [6.45, 7) is 3.66. The van der Waals surface area contributed by atoms with Crippen molar-refractivity contribution in [3.8, 4) is 0 Å². The van der Waals surface area contributed by atoms with E-state index in [1.807, 2.05) is 12.1 Å². The quantitative estimate of drug-likeness (QED) is 0.471. The first-order chi connectivity index (χ1) is 11.5. The molecule has 1 saturated heterocycles. The van der Waals surface area contributed by atoms with Crippen molar-refractivity contribution in [2.75, 3.05) is 39.0 Å². The fourth-order valence-corrected chi connectivity index (χ4v) is 3.68. The van der Waals surface area contributed by atoms with Gasteiger partial charge in [0.2, 0.25) is 0 Å². The van der Waals surface area contributed by atoms with E-state index in [1.165, 1.54) is 11.8 Å². The van der Waals surface area contributed by atoms with Crippen molar-refractivity contribution in [2.24, 2.45) is 0 Å². The maximum atomic E-state index is 12.4. The molecule has 5 nitrogen and oxygen atoms in total. The Morgan fingerprint density at radius 2 is 1.96 bits per heavy atom. The number of nitrogens with zero attached hydrogens (tertiary/aromatic N) is 2. The van der Waals surface area contributed by atoms with Crippen LogP contribution in [0.4, 0.5) is 0 Å². The number of para-hydroxylation sites is 1. The van der Waals surface area contributed by atoms with Crippen LogP contribution < -0.4 is 5.63 Å². The molecule has 0 amide bonds. The Bertz CT molecular complexity index is 826. The molecule has 0 unspecified atom stereocenters. The Kier molecular flexibility index (Phi) is 5.33. The molecule has 24 heavy (non-hydrogen) atoms. The van der Waals surface area contributed by atoms with E-state index in [2.05, 4.69) is 16.8 Å². The summed E-state index contributed by atoms with van der Waals surface area (Å²) in [5.41, 5.74) is -0.0214. The fraction of sp³-hybridized carbons (Fsp3) is 0.353. The zero-order valence-corrected chi connectivity index (χ0v) is 15.0. The molecule has 126 valence electrons. The molecule has 0 saturated carbocycles. The second-order valence-corrected chi connectivity index (χ2v) is 7.36. The molecule has 2 heterocycles. The maximum absolute atomic E-state index is 12.4. The van der Waals surface area contributed by atoms with E-state index in [0.717, 1.165) is 31.6 Å². The standard InChI is InChI=1S/C17H18N2O3S2/c1-18-6-8-19(9-7-18)17(23)24-11-14(20)13-10-12-4-2-3-5-15(12)22-16(13)21/h2-5,10H,6-9,11H2,1H3. The minimum atomic E-state index is -0.593. The number of benzene rings is 1. The number of carbonyl (C=O) groups is 1. The Morgan fingerprint density at radius 1 is 1.25 bits per heavy atom. The summed E-state index contributed by atoms with van der Waals surface area (Å²) < 4.78 is 5.92. The molecule has 0 spiro atoms. The predicted octanol–water partition coefficient (Wildman–Crippen LogP) is 2.24. The van der Waals surface area contributed by atoms with Crippen molar-refractivity contribution in [1.29, 1.82) is 0 Å². The lowest BCUT2D eigenvalue weighted by Crippen LogP contribution is -2.45. The first-order valence-corrected chi connectivity index (χ1v) is 9.10. The Labute approximate surface area is 149 Å². The van der Waals surface area contributed by atoms with Crippen molar-refractivity contribution in [1.82, 2.24) is 9.80 Å². The average Bonchev–Trinajstić information content (AvgIpc) is 2.59. The van der Waals surface area contributed by atoms with E-state index in [9.17, 15) is 9.59 Å². The van der Waals surface area contributed by atoms with Gasteiger partial charge >= 0.3 is 5.63 Å². The maximum Gasteiger partial charge on any atom is 0.347 e. The number of Topliss-reactive ketones (excluding diaryl/α,β-unsaturated/α-hetero) is 1. The van der Waals surface area contributed by atoms with Crippen molar-refractivity contribution >= 4 is 45.1 Å². The van der Waals surface area contributed by atoms with Crippen molar-refractivity contribution in [2.45, 2.75) is 0 Å². The summed E-state index contributed by atoms with van der Waals surface area (Å²) in [5.74, 6) is -0.107. The van der Waals surface area contributed by atoms with Gasteiger partial charge in [0.15, 0.2) is 5.78 Å². The molecular formula is C17H18N2O3S2. The number of piperazine rings is 1. The number of carbonyl (C=O) groups excluding carboxylic acids is 1. The number of thiocarbonyl (C=S) groups is 1. The molecule has 2 aromatic rings. The van der Waals surface area contributed by atoms with Gasteiger partial charge in [-0.05, 0) is 19.2 Å². The van der Waals surface area contributed by atoms with E-state index in [-0.39, 0.29) is 17.1 Å².